The summed E-state index contributed by atoms with van der Waals surface area (Å²) in [4.78, 5) is 21.2. The van der Waals surface area contributed by atoms with Crippen LogP contribution < -0.4 is 16.0 Å². The van der Waals surface area contributed by atoms with E-state index >= 15 is 0 Å². The zero-order chi connectivity index (χ0) is 26.9. The monoisotopic (exact) mass is 521 g/mol. The number of urea groups is 1. The van der Waals surface area contributed by atoms with Crippen LogP contribution in [0.4, 0.5) is 22.0 Å². The number of hydrogen-bond donors (Lipinski definition) is 4. The van der Waals surface area contributed by atoms with E-state index < -0.39 is 0 Å². The second-order valence-electron chi connectivity index (χ2n) is 9.18. The Labute approximate surface area is 227 Å². The molecule has 5 rings (SSSR count). The fourth-order valence-electron chi connectivity index (χ4n) is 4.49. The molecule has 0 aliphatic rings. The number of aryl methyl sites for hydroxylation is 1. The average molecular weight is 522 g/mol. The molecule has 0 spiro atoms. The van der Waals surface area contributed by atoms with Gasteiger partial charge in [0.2, 0.25) is 5.71 Å². The maximum atomic E-state index is 12.2. The first-order valence-electron chi connectivity index (χ1n) is 13.1. The second kappa shape index (κ2) is 12.7. The summed E-state index contributed by atoms with van der Waals surface area (Å²) in [7, 11) is 0. The Hall–Kier alpha value is -4.69. The van der Waals surface area contributed by atoms with Crippen LogP contribution in [0.5, 0.6) is 0 Å². The van der Waals surface area contributed by atoms with Crippen LogP contribution in [0.2, 0.25) is 0 Å². The van der Waals surface area contributed by atoms with Crippen molar-refractivity contribution in [3.8, 4) is 11.3 Å². The predicted octanol–water partition coefficient (Wildman–Crippen LogP) is 6.50. The van der Waals surface area contributed by atoms with Gasteiger partial charge in [-0.3, -0.25) is 0 Å². The number of hydrogen-bond acceptors (Lipinski definition) is 6. The van der Waals surface area contributed by atoms with Gasteiger partial charge in [0, 0.05) is 35.7 Å². The van der Waals surface area contributed by atoms with E-state index in [0.717, 1.165) is 70.7 Å². The van der Waals surface area contributed by atoms with Crippen molar-refractivity contribution < 1.29 is 14.3 Å². The number of aliphatic hydroxyl groups excluding tert-OH is 1. The number of unbranched alkanes of at least 4 members (excludes halogenated alkanes) is 1. The van der Waals surface area contributed by atoms with Crippen molar-refractivity contribution in [1.82, 2.24) is 9.97 Å². The van der Waals surface area contributed by atoms with Crippen LogP contribution in [0.15, 0.2) is 95.7 Å². The number of furan rings is 1. The standard InChI is InChI=1S/C31H31N5O3/c37-20-8-7-13-26-27-29(33-21-34-30(27)39-28(26)23-9-3-1-4-10-23)32-19-18-22-14-16-25(17-15-22)36-31(38)35-24-11-5-2-6-12-24/h1-6,9-12,14-17,21,37H,7-8,13,18-20H2,(H,32,33,34)(H2,35,36,38). The average Bonchev–Trinajstić information content (AvgIpc) is 3.34. The lowest BCUT2D eigenvalue weighted by molar-refractivity contribution is 0.262. The summed E-state index contributed by atoms with van der Waals surface area (Å²) in [5.74, 6) is 1.53. The van der Waals surface area contributed by atoms with E-state index in [1.165, 1.54) is 6.33 Å². The van der Waals surface area contributed by atoms with Crippen LogP contribution in [-0.2, 0) is 12.8 Å². The number of amides is 2. The molecule has 0 saturated heterocycles. The van der Waals surface area contributed by atoms with Crippen molar-refractivity contribution in [3.63, 3.8) is 0 Å². The Bertz CT molecular complexity index is 1500. The smallest absolute Gasteiger partial charge is 0.323 e. The number of aliphatic hydroxyl groups is 1. The zero-order valence-corrected chi connectivity index (χ0v) is 21.6. The Balaban J connectivity index is 1.25. The van der Waals surface area contributed by atoms with Gasteiger partial charge in [-0.25, -0.2) is 14.8 Å². The summed E-state index contributed by atoms with van der Waals surface area (Å²) in [5, 5.41) is 19.3. The lowest BCUT2D eigenvalue weighted by Gasteiger charge is -2.10. The summed E-state index contributed by atoms with van der Waals surface area (Å²) >= 11 is 0. The van der Waals surface area contributed by atoms with E-state index in [1.54, 1.807) is 0 Å². The number of nitrogens with one attached hydrogen (secondary N) is 3. The molecule has 0 radical (unpaired) electrons. The van der Waals surface area contributed by atoms with Gasteiger partial charge in [-0.2, -0.15) is 0 Å². The van der Waals surface area contributed by atoms with Crippen molar-refractivity contribution in [3.05, 3.63) is 102 Å². The molecule has 4 N–H and O–H groups in total. The van der Waals surface area contributed by atoms with Crippen LogP contribution in [0.3, 0.4) is 0 Å². The highest BCUT2D eigenvalue weighted by Crippen LogP contribution is 2.36. The molecule has 2 aromatic heterocycles. The molecule has 0 saturated carbocycles. The summed E-state index contributed by atoms with van der Waals surface area (Å²) in [6, 6.07) is 26.8. The first-order valence-corrected chi connectivity index (χ1v) is 13.1. The summed E-state index contributed by atoms with van der Waals surface area (Å²) in [5.41, 5.74) is 5.18. The highest BCUT2D eigenvalue weighted by atomic mass is 16.3. The zero-order valence-electron chi connectivity index (χ0n) is 21.6. The summed E-state index contributed by atoms with van der Waals surface area (Å²) in [6.07, 6.45) is 4.60. The number of nitrogens with zero attached hydrogens (tertiary/aromatic N) is 2. The van der Waals surface area contributed by atoms with Crippen LogP contribution in [0, 0.1) is 0 Å². The summed E-state index contributed by atoms with van der Waals surface area (Å²) < 4.78 is 6.21. The van der Waals surface area contributed by atoms with E-state index in [9.17, 15) is 9.90 Å². The van der Waals surface area contributed by atoms with Gasteiger partial charge in [0.1, 0.15) is 17.9 Å². The lowest BCUT2D eigenvalue weighted by Crippen LogP contribution is -2.19. The third-order valence-corrected chi connectivity index (χ3v) is 6.41. The first kappa shape index (κ1) is 25.9. The second-order valence-corrected chi connectivity index (χ2v) is 9.18. The van der Waals surface area contributed by atoms with Crippen molar-refractivity contribution in [2.75, 3.05) is 29.1 Å². The number of fused-ring (bicyclic) bond motifs is 1. The molecule has 5 aromatic rings. The van der Waals surface area contributed by atoms with E-state index in [-0.39, 0.29) is 12.6 Å². The fourth-order valence-corrected chi connectivity index (χ4v) is 4.49. The van der Waals surface area contributed by atoms with Crippen LogP contribution in [0.1, 0.15) is 24.0 Å². The van der Waals surface area contributed by atoms with Gasteiger partial charge in [0.25, 0.3) is 0 Å². The maximum absolute atomic E-state index is 12.2. The third-order valence-electron chi connectivity index (χ3n) is 6.41. The third kappa shape index (κ3) is 6.61. The molecule has 198 valence electrons. The molecule has 0 bridgehead atoms. The number of carbonyl (C=O) groups is 1. The van der Waals surface area contributed by atoms with Crippen molar-refractivity contribution in [2.45, 2.75) is 25.7 Å². The van der Waals surface area contributed by atoms with Gasteiger partial charge < -0.3 is 25.5 Å². The van der Waals surface area contributed by atoms with Gasteiger partial charge in [-0.15, -0.1) is 0 Å². The Morgan fingerprint density at radius 1 is 0.795 bits per heavy atom. The number of carbonyl (C=O) groups excluding carboxylic acids is 1. The maximum Gasteiger partial charge on any atom is 0.323 e. The molecule has 0 aliphatic heterocycles. The minimum atomic E-state index is -0.284. The number of benzene rings is 3. The largest absolute Gasteiger partial charge is 0.437 e. The number of para-hydroxylation sites is 1. The van der Waals surface area contributed by atoms with Gasteiger partial charge >= 0.3 is 6.03 Å². The minimum Gasteiger partial charge on any atom is -0.437 e. The molecule has 2 amide bonds. The number of anilines is 3. The molecule has 0 fully saturated rings. The van der Waals surface area contributed by atoms with Crippen LogP contribution in [0.25, 0.3) is 22.4 Å². The normalized spacial score (nSPS) is 10.9. The fraction of sp³-hybridized carbons (Fsp3) is 0.194. The van der Waals surface area contributed by atoms with E-state index in [4.69, 9.17) is 4.42 Å². The van der Waals surface area contributed by atoms with Gasteiger partial charge in [-0.05, 0) is 55.5 Å². The van der Waals surface area contributed by atoms with Crippen LogP contribution >= 0.6 is 0 Å². The molecule has 2 heterocycles. The van der Waals surface area contributed by atoms with Crippen LogP contribution in [-0.4, -0.2) is 34.3 Å². The Kier molecular flexibility index (Phi) is 8.45. The van der Waals surface area contributed by atoms with Crippen molar-refractivity contribution in [1.29, 1.82) is 0 Å². The van der Waals surface area contributed by atoms with Gasteiger partial charge in [0.15, 0.2) is 0 Å². The molecule has 39 heavy (non-hydrogen) atoms. The highest BCUT2D eigenvalue weighted by Gasteiger charge is 2.20. The van der Waals surface area contributed by atoms with Crippen molar-refractivity contribution >= 4 is 34.3 Å². The molecule has 3 aromatic carbocycles. The number of rotatable bonds is 11. The SMILES string of the molecule is O=C(Nc1ccccc1)Nc1ccc(CCNc2ncnc3oc(-c4ccccc4)c(CCCCO)c23)cc1. The van der Waals surface area contributed by atoms with Gasteiger partial charge in [-0.1, -0.05) is 60.7 Å². The van der Waals surface area contributed by atoms with E-state index in [0.29, 0.717) is 12.3 Å². The molecule has 8 nitrogen and oxygen atoms in total. The lowest BCUT2D eigenvalue weighted by atomic mass is 10.0. The molecular formula is C31H31N5O3. The molecule has 8 heteroatoms. The minimum absolute atomic E-state index is 0.157. The highest BCUT2D eigenvalue weighted by molar-refractivity contribution is 5.99. The Morgan fingerprint density at radius 2 is 1.49 bits per heavy atom. The predicted molar refractivity (Wildman–Crippen MR) is 155 cm³/mol. The Morgan fingerprint density at radius 3 is 2.21 bits per heavy atom. The van der Waals surface area contributed by atoms with E-state index in [1.807, 2.05) is 84.9 Å². The van der Waals surface area contributed by atoms with E-state index in [2.05, 4.69) is 25.9 Å². The number of aromatic nitrogens is 2. The topological polar surface area (TPSA) is 112 Å². The molecule has 0 atom stereocenters. The molecule has 0 aliphatic carbocycles. The molecule has 0 unspecified atom stereocenters. The quantitative estimate of drug-likeness (QED) is 0.148. The molecular weight excluding hydrogens is 490 g/mol. The summed E-state index contributed by atoms with van der Waals surface area (Å²) in [6.45, 7) is 0.819. The first-order chi connectivity index (χ1) is 19.2. The van der Waals surface area contributed by atoms with Gasteiger partial charge in [0.05, 0.1) is 5.39 Å². The van der Waals surface area contributed by atoms with Crippen molar-refractivity contribution in [2.24, 2.45) is 0 Å².